The number of piperidine rings is 2. The van der Waals surface area contributed by atoms with Gasteiger partial charge in [-0.3, -0.25) is 4.90 Å². The molecule has 0 aliphatic carbocycles. The molecule has 3 saturated heterocycles. The largest absolute Gasteiger partial charge is 0.393 e. The Morgan fingerprint density at radius 2 is 1.81 bits per heavy atom. The highest BCUT2D eigenvalue weighted by molar-refractivity contribution is 7.18. The molecule has 0 saturated carbocycles. The third-order valence-corrected chi connectivity index (χ3v) is 11.3. The van der Waals surface area contributed by atoms with E-state index in [1.54, 1.807) is 6.07 Å². The zero-order valence-electron chi connectivity index (χ0n) is 27.4. The monoisotopic (exact) mass is 681 g/mol. The number of aryl methyl sites for hydroxylation is 1. The van der Waals surface area contributed by atoms with Gasteiger partial charge in [0.1, 0.15) is 28.7 Å². The van der Waals surface area contributed by atoms with Crippen LogP contribution >= 0.6 is 11.3 Å². The molecule has 1 aromatic carbocycles. The summed E-state index contributed by atoms with van der Waals surface area (Å²) in [5.41, 5.74) is 4.91. The SMILES string of the molecule is CN=O.Cc1c(CN2CCC(Nc3ncnc4sc(CC(F)(F)F)cc34)CC2)ccc2c1cc(C#N)n2CCN1CCC2(CC1)CNC2. The zero-order valence-corrected chi connectivity index (χ0v) is 28.3. The number of aromatic nitrogens is 3. The van der Waals surface area contributed by atoms with Gasteiger partial charge in [-0.15, -0.1) is 11.3 Å². The molecule has 6 heterocycles. The van der Waals surface area contributed by atoms with E-state index in [0.29, 0.717) is 21.4 Å². The van der Waals surface area contributed by atoms with E-state index >= 15 is 0 Å². The van der Waals surface area contributed by atoms with Crippen molar-refractivity contribution in [3.63, 3.8) is 0 Å². The standard InChI is InChI=1S/C33H39F3N8S.CH3NO/c1-22-23(2-3-29-27(22)14-25(17-37)44(29)13-12-42-10-6-32(7-11-42)19-38-20-32)18-43-8-4-24(5-9-43)41-30-28-15-26(16-33(34,35)36)45-31(28)40-21-39-30;1-2-3/h2-3,14-15,21,24,38H,4-13,16,18-20H2,1H3,(H,39,40,41);1H3. The quantitative estimate of drug-likeness (QED) is 0.215. The van der Waals surface area contributed by atoms with Crippen molar-refractivity contribution in [3.05, 3.63) is 57.2 Å². The average Bonchev–Trinajstić information content (AvgIpc) is 3.62. The molecule has 3 fully saturated rings. The van der Waals surface area contributed by atoms with Crippen LogP contribution in [-0.2, 0) is 19.5 Å². The first-order chi connectivity index (χ1) is 23.1. The van der Waals surface area contributed by atoms with E-state index in [9.17, 15) is 18.4 Å². The minimum atomic E-state index is -4.25. The molecule has 3 aromatic heterocycles. The molecular weight excluding hydrogens is 639 g/mol. The number of anilines is 1. The number of halogens is 3. The minimum absolute atomic E-state index is 0.192. The summed E-state index contributed by atoms with van der Waals surface area (Å²) < 4.78 is 41.0. The number of nitroso groups, excluding NO2 is 1. The van der Waals surface area contributed by atoms with E-state index < -0.39 is 12.6 Å². The molecule has 10 nitrogen and oxygen atoms in total. The Morgan fingerprint density at radius 3 is 2.46 bits per heavy atom. The molecule has 7 rings (SSSR count). The average molecular weight is 682 g/mol. The molecule has 1 spiro atoms. The van der Waals surface area contributed by atoms with Gasteiger partial charge in [0.05, 0.1) is 18.9 Å². The smallest absolute Gasteiger partial charge is 0.367 e. The predicted molar refractivity (Wildman–Crippen MR) is 183 cm³/mol. The molecule has 0 unspecified atom stereocenters. The van der Waals surface area contributed by atoms with Gasteiger partial charge in [-0.1, -0.05) is 11.2 Å². The van der Waals surface area contributed by atoms with Gasteiger partial charge < -0.3 is 20.1 Å². The predicted octanol–water partition coefficient (Wildman–Crippen LogP) is 6.08. The number of rotatable bonds is 8. The second-order valence-corrected chi connectivity index (χ2v) is 14.5. The fourth-order valence-electron chi connectivity index (χ4n) is 7.33. The lowest BCUT2D eigenvalue weighted by Crippen LogP contribution is -2.58. The second kappa shape index (κ2) is 14.5. The Balaban J connectivity index is 0.00000129. The van der Waals surface area contributed by atoms with Gasteiger partial charge in [-0.2, -0.15) is 23.3 Å². The Morgan fingerprint density at radius 1 is 1.08 bits per heavy atom. The minimum Gasteiger partial charge on any atom is -0.367 e. The number of alkyl halides is 3. The molecule has 3 aliphatic rings. The summed E-state index contributed by atoms with van der Waals surface area (Å²) in [4.78, 5) is 23.0. The molecule has 4 aromatic rings. The molecule has 0 amide bonds. The van der Waals surface area contributed by atoms with Crippen molar-refractivity contribution in [1.29, 1.82) is 5.26 Å². The first kappa shape index (κ1) is 34.2. The molecule has 256 valence electrons. The van der Waals surface area contributed by atoms with E-state index in [1.165, 1.54) is 37.3 Å². The number of thiophene rings is 1. The molecule has 48 heavy (non-hydrogen) atoms. The van der Waals surface area contributed by atoms with Crippen LogP contribution in [0.1, 0.15) is 47.4 Å². The van der Waals surface area contributed by atoms with Crippen molar-refractivity contribution < 1.29 is 13.2 Å². The first-order valence-corrected chi connectivity index (χ1v) is 17.4. The van der Waals surface area contributed by atoms with E-state index in [-0.39, 0.29) is 10.9 Å². The van der Waals surface area contributed by atoms with Gasteiger partial charge >= 0.3 is 6.18 Å². The molecule has 2 N–H and O–H groups in total. The molecule has 0 bridgehead atoms. The van der Waals surface area contributed by atoms with Crippen LogP contribution in [-0.4, -0.2) is 89.4 Å². The fraction of sp³-hybridized carbons (Fsp3) is 0.559. The summed E-state index contributed by atoms with van der Waals surface area (Å²) in [5, 5.41) is 21.0. The molecular formula is C34H42F3N9OS. The summed E-state index contributed by atoms with van der Waals surface area (Å²) in [5.74, 6) is 0.613. The zero-order chi connectivity index (χ0) is 33.9. The number of benzene rings is 1. The Bertz CT molecular complexity index is 1770. The summed E-state index contributed by atoms with van der Waals surface area (Å²) in [7, 11) is 1.19. The summed E-state index contributed by atoms with van der Waals surface area (Å²) >= 11 is 1.08. The van der Waals surface area contributed by atoms with Crippen molar-refractivity contribution in [2.24, 2.45) is 10.6 Å². The number of hydrogen-bond acceptors (Lipinski definition) is 10. The number of hydrogen-bond donors (Lipinski definition) is 2. The van der Waals surface area contributed by atoms with Crippen molar-refractivity contribution in [3.8, 4) is 6.07 Å². The van der Waals surface area contributed by atoms with Crippen LogP contribution in [0.25, 0.3) is 21.1 Å². The van der Waals surface area contributed by atoms with E-state index in [2.05, 4.69) is 71.3 Å². The van der Waals surface area contributed by atoms with Gasteiger partial charge in [0.2, 0.25) is 0 Å². The lowest BCUT2D eigenvalue weighted by atomic mass is 9.73. The first-order valence-electron chi connectivity index (χ1n) is 16.6. The maximum absolute atomic E-state index is 12.9. The van der Waals surface area contributed by atoms with Gasteiger partial charge in [-0.05, 0) is 80.4 Å². The maximum atomic E-state index is 12.9. The van der Waals surface area contributed by atoms with Crippen LogP contribution in [0.4, 0.5) is 19.0 Å². The van der Waals surface area contributed by atoms with E-state index in [4.69, 9.17) is 4.91 Å². The van der Waals surface area contributed by atoms with Gasteiger partial charge in [0.15, 0.2) is 0 Å². The summed E-state index contributed by atoms with van der Waals surface area (Å²) in [6, 6.07) is 10.7. The number of nitrogens with zero attached hydrogens (tertiary/aromatic N) is 7. The molecule has 0 radical (unpaired) electrons. The Labute approximate surface area is 282 Å². The third-order valence-electron chi connectivity index (χ3n) is 10.2. The van der Waals surface area contributed by atoms with Crippen molar-refractivity contribution in [2.45, 2.75) is 64.3 Å². The van der Waals surface area contributed by atoms with Crippen LogP contribution in [0.3, 0.4) is 0 Å². The van der Waals surface area contributed by atoms with Gasteiger partial charge in [-0.25, -0.2) is 9.97 Å². The van der Waals surface area contributed by atoms with E-state index in [1.807, 2.05) is 0 Å². The van der Waals surface area contributed by atoms with Crippen LogP contribution in [0.2, 0.25) is 0 Å². The normalized spacial score (nSPS) is 18.8. The van der Waals surface area contributed by atoms with Crippen molar-refractivity contribution in [1.82, 2.24) is 29.7 Å². The van der Waals surface area contributed by atoms with Crippen molar-refractivity contribution >= 4 is 38.3 Å². The fourth-order valence-corrected chi connectivity index (χ4v) is 8.35. The summed E-state index contributed by atoms with van der Waals surface area (Å²) in [6.45, 7) is 11.2. The van der Waals surface area contributed by atoms with Crippen LogP contribution in [0, 0.1) is 28.6 Å². The number of fused-ring (bicyclic) bond motifs is 2. The van der Waals surface area contributed by atoms with Crippen LogP contribution < -0.4 is 10.6 Å². The number of nitrogens with one attached hydrogen (secondary N) is 2. The molecule has 0 atom stereocenters. The van der Waals surface area contributed by atoms with Crippen LogP contribution in [0.15, 0.2) is 35.8 Å². The van der Waals surface area contributed by atoms with Gasteiger partial charge in [0.25, 0.3) is 0 Å². The number of nitriles is 1. The highest BCUT2D eigenvalue weighted by Crippen LogP contribution is 2.36. The molecule has 14 heteroatoms. The van der Waals surface area contributed by atoms with Gasteiger partial charge in [0, 0.05) is 67.6 Å². The van der Waals surface area contributed by atoms with Crippen molar-refractivity contribution in [2.75, 3.05) is 58.2 Å². The molecule has 3 aliphatic heterocycles. The number of likely N-dealkylation sites (tertiary alicyclic amines) is 2. The highest BCUT2D eigenvalue weighted by atomic mass is 32.1. The lowest BCUT2D eigenvalue weighted by Gasteiger charge is -2.48. The van der Waals surface area contributed by atoms with Crippen LogP contribution in [0.5, 0.6) is 0 Å². The summed E-state index contributed by atoms with van der Waals surface area (Å²) in [6.07, 6.45) is 0.580. The van der Waals surface area contributed by atoms with E-state index in [0.717, 1.165) is 99.7 Å². The Hall–Kier alpha value is -3.64. The highest BCUT2D eigenvalue weighted by Gasteiger charge is 2.39. The Kier molecular flexibility index (Phi) is 10.3. The third kappa shape index (κ3) is 7.64. The lowest BCUT2D eigenvalue weighted by molar-refractivity contribution is -0.126. The maximum Gasteiger partial charge on any atom is 0.393 e. The topological polar surface area (TPSA) is 114 Å². The second-order valence-electron chi connectivity index (χ2n) is 13.3.